The van der Waals surface area contributed by atoms with Crippen molar-refractivity contribution in [2.75, 3.05) is 0 Å². The number of alkyl halides is 2. The number of aromatic amines is 1. The molecule has 1 fully saturated rings. The highest BCUT2D eigenvalue weighted by atomic mass is 32.2. The zero-order valence-corrected chi connectivity index (χ0v) is 11.3. The van der Waals surface area contributed by atoms with Gasteiger partial charge in [0.15, 0.2) is 0 Å². The summed E-state index contributed by atoms with van der Waals surface area (Å²) in [5, 5.41) is 0. The fourth-order valence-electron chi connectivity index (χ4n) is 1.98. The van der Waals surface area contributed by atoms with Crippen LogP contribution in [0.25, 0.3) is 11.3 Å². The van der Waals surface area contributed by atoms with Crippen LogP contribution in [0.3, 0.4) is 0 Å². The molecule has 1 aromatic heterocycles. The Hall–Kier alpha value is -1.69. The number of nitrogens with zero attached hydrogens (tertiary/aromatic N) is 1. The average molecular weight is 294 g/mol. The first-order valence-electron chi connectivity index (χ1n) is 6.28. The Morgan fingerprint density at radius 1 is 1.25 bits per heavy atom. The molecular formula is C14H12F2N2OS. The molecule has 1 N–H and O–H groups in total. The second kappa shape index (κ2) is 5.36. The van der Waals surface area contributed by atoms with Crippen molar-refractivity contribution in [1.29, 1.82) is 0 Å². The normalized spacial score (nSPS) is 14.8. The lowest BCUT2D eigenvalue weighted by atomic mass is 10.1. The minimum Gasteiger partial charge on any atom is -0.310 e. The molecular weight excluding hydrogens is 282 g/mol. The molecule has 0 spiro atoms. The van der Waals surface area contributed by atoms with Gasteiger partial charge in [-0.15, -0.1) is 0 Å². The summed E-state index contributed by atoms with van der Waals surface area (Å²) in [6.07, 6.45) is 2.10. The van der Waals surface area contributed by atoms with Crippen LogP contribution in [0, 0.1) is 0 Å². The van der Waals surface area contributed by atoms with Crippen molar-refractivity contribution in [3.63, 3.8) is 0 Å². The zero-order chi connectivity index (χ0) is 14.1. The molecule has 0 radical (unpaired) electrons. The van der Waals surface area contributed by atoms with E-state index >= 15 is 0 Å². The summed E-state index contributed by atoms with van der Waals surface area (Å²) >= 11 is 0.502. The van der Waals surface area contributed by atoms with Crippen molar-refractivity contribution in [2.45, 2.75) is 29.4 Å². The first-order chi connectivity index (χ1) is 9.61. The van der Waals surface area contributed by atoms with Crippen LogP contribution in [0.5, 0.6) is 0 Å². The summed E-state index contributed by atoms with van der Waals surface area (Å²) in [5.74, 6) is -1.35. The van der Waals surface area contributed by atoms with E-state index in [4.69, 9.17) is 0 Å². The topological polar surface area (TPSA) is 45.8 Å². The van der Waals surface area contributed by atoms with Gasteiger partial charge in [-0.05, 0) is 25.0 Å². The minimum absolute atomic E-state index is 0.178. The van der Waals surface area contributed by atoms with E-state index in [1.165, 1.54) is 6.07 Å². The third-order valence-electron chi connectivity index (χ3n) is 3.10. The first kappa shape index (κ1) is 13.3. The van der Waals surface area contributed by atoms with E-state index in [1.54, 1.807) is 24.3 Å². The summed E-state index contributed by atoms with van der Waals surface area (Å²) in [6.45, 7) is 0. The Bertz CT molecular complexity index is 666. The van der Waals surface area contributed by atoms with E-state index in [0.717, 1.165) is 24.2 Å². The van der Waals surface area contributed by atoms with Gasteiger partial charge in [-0.2, -0.15) is 8.78 Å². The van der Waals surface area contributed by atoms with Gasteiger partial charge in [-0.1, -0.05) is 23.9 Å². The Morgan fingerprint density at radius 3 is 2.55 bits per heavy atom. The van der Waals surface area contributed by atoms with Gasteiger partial charge in [0, 0.05) is 22.4 Å². The van der Waals surface area contributed by atoms with Crippen LogP contribution in [0.2, 0.25) is 0 Å². The van der Waals surface area contributed by atoms with Gasteiger partial charge in [0.2, 0.25) is 0 Å². The summed E-state index contributed by atoms with van der Waals surface area (Å²) in [5.41, 5.74) is 1.17. The van der Waals surface area contributed by atoms with Gasteiger partial charge >= 0.3 is 0 Å². The molecule has 3 nitrogen and oxygen atoms in total. The molecule has 20 heavy (non-hydrogen) atoms. The predicted molar refractivity (Wildman–Crippen MR) is 74.1 cm³/mol. The second-order valence-electron chi connectivity index (χ2n) is 4.69. The van der Waals surface area contributed by atoms with Gasteiger partial charge < -0.3 is 4.98 Å². The second-order valence-corrected chi connectivity index (χ2v) is 5.76. The minimum atomic E-state index is -2.43. The van der Waals surface area contributed by atoms with Crippen molar-refractivity contribution < 1.29 is 8.78 Å². The lowest BCUT2D eigenvalue weighted by Gasteiger charge is -2.05. The molecule has 104 valence electrons. The quantitative estimate of drug-likeness (QED) is 0.876. The third kappa shape index (κ3) is 3.07. The van der Waals surface area contributed by atoms with Gasteiger partial charge in [-0.3, -0.25) is 4.79 Å². The number of aromatic nitrogens is 2. The van der Waals surface area contributed by atoms with E-state index in [0.29, 0.717) is 28.3 Å². The first-order valence-corrected chi connectivity index (χ1v) is 7.16. The lowest BCUT2D eigenvalue weighted by molar-refractivity contribution is 0.252. The summed E-state index contributed by atoms with van der Waals surface area (Å²) in [6, 6.07) is 8.09. The van der Waals surface area contributed by atoms with E-state index < -0.39 is 5.76 Å². The molecule has 1 aliphatic rings. The lowest BCUT2D eigenvalue weighted by Crippen LogP contribution is -2.10. The molecule has 1 aliphatic carbocycles. The van der Waals surface area contributed by atoms with Crippen LogP contribution in [0.4, 0.5) is 8.78 Å². The Labute approximate surface area is 118 Å². The standard InChI is InChI=1S/C14H12F2N2OS/c15-14(16)20-10-5-3-8(4-6-10)11-7-12(19)18-13(17-11)9-1-2-9/h3-7,9,14H,1-2H2,(H,17,18,19). The molecule has 0 saturated heterocycles. The predicted octanol–water partition coefficient (Wildman–Crippen LogP) is 3.63. The highest BCUT2D eigenvalue weighted by Crippen LogP contribution is 2.38. The summed E-state index contributed by atoms with van der Waals surface area (Å²) in [4.78, 5) is 19.3. The number of halogens is 2. The number of hydrogen-bond acceptors (Lipinski definition) is 3. The number of hydrogen-bond donors (Lipinski definition) is 1. The molecule has 0 amide bonds. The van der Waals surface area contributed by atoms with E-state index in [2.05, 4.69) is 9.97 Å². The van der Waals surface area contributed by atoms with E-state index in [-0.39, 0.29) is 5.56 Å². The molecule has 0 aliphatic heterocycles. The zero-order valence-electron chi connectivity index (χ0n) is 10.5. The largest absolute Gasteiger partial charge is 0.310 e. The monoisotopic (exact) mass is 294 g/mol. The molecule has 6 heteroatoms. The maximum absolute atomic E-state index is 12.3. The van der Waals surface area contributed by atoms with Crippen molar-refractivity contribution in [3.8, 4) is 11.3 Å². The smallest absolute Gasteiger partial charge is 0.288 e. The number of rotatable bonds is 4. The molecule has 1 heterocycles. The molecule has 2 aromatic rings. The van der Waals surface area contributed by atoms with Crippen LogP contribution < -0.4 is 5.56 Å². The average Bonchev–Trinajstić information content (AvgIpc) is 3.22. The molecule has 0 atom stereocenters. The van der Waals surface area contributed by atoms with Gasteiger partial charge in [0.05, 0.1) is 5.69 Å². The van der Waals surface area contributed by atoms with Crippen molar-refractivity contribution in [3.05, 3.63) is 46.5 Å². The number of nitrogens with one attached hydrogen (secondary N) is 1. The molecule has 0 bridgehead atoms. The van der Waals surface area contributed by atoms with Crippen LogP contribution in [0.1, 0.15) is 24.6 Å². The number of benzene rings is 1. The SMILES string of the molecule is O=c1cc(-c2ccc(SC(F)F)cc2)nc(C2CC2)[nH]1. The van der Waals surface area contributed by atoms with Gasteiger partial charge in [0.25, 0.3) is 11.3 Å². The fourth-order valence-corrected chi connectivity index (χ4v) is 2.48. The van der Waals surface area contributed by atoms with Crippen molar-refractivity contribution in [2.24, 2.45) is 0 Å². The van der Waals surface area contributed by atoms with Crippen LogP contribution in [-0.4, -0.2) is 15.7 Å². The maximum Gasteiger partial charge on any atom is 0.288 e. The van der Waals surface area contributed by atoms with Crippen LogP contribution >= 0.6 is 11.8 Å². The summed E-state index contributed by atoms with van der Waals surface area (Å²) in [7, 11) is 0. The fraction of sp³-hybridized carbons (Fsp3) is 0.286. The van der Waals surface area contributed by atoms with Crippen molar-refractivity contribution in [1.82, 2.24) is 9.97 Å². The third-order valence-corrected chi connectivity index (χ3v) is 3.82. The highest BCUT2D eigenvalue weighted by Gasteiger charge is 2.26. The Balaban J connectivity index is 1.90. The Kier molecular flexibility index (Phi) is 3.56. The molecule has 0 unspecified atom stereocenters. The van der Waals surface area contributed by atoms with E-state index in [1.807, 2.05) is 0 Å². The van der Waals surface area contributed by atoms with E-state index in [9.17, 15) is 13.6 Å². The van der Waals surface area contributed by atoms with Gasteiger partial charge in [-0.25, -0.2) is 4.98 Å². The van der Waals surface area contributed by atoms with Crippen molar-refractivity contribution >= 4 is 11.8 Å². The number of H-pyrrole nitrogens is 1. The van der Waals surface area contributed by atoms with Crippen LogP contribution in [0.15, 0.2) is 40.0 Å². The molecule has 3 rings (SSSR count). The summed E-state index contributed by atoms with van der Waals surface area (Å²) < 4.78 is 24.5. The molecule has 1 aromatic carbocycles. The maximum atomic E-state index is 12.3. The highest BCUT2D eigenvalue weighted by molar-refractivity contribution is 7.99. The Morgan fingerprint density at radius 2 is 1.95 bits per heavy atom. The number of thioether (sulfide) groups is 1. The van der Waals surface area contributed by atoms with Crippen LogP contribution in [-0.2, 0) is 0 Å². The van der Waals surface area contributed by atoms with Gasteiger partial charge in [0.1, 0.15) is 5.82 Å². The molecule has 1 saturated carbocycles.